The normalized spacial score (nSPS) is 27.2. The molecule has 2 aromatic heterocycles. The number of aromatic amines is 1. The van der Waals surface area contributed by atoms with Gasteiger partial charge in [0.1, 0.15) is 5.65 Å². The van der Waals surface area contributed by atoms with Gasteiger partial charge in [-0.25, -0.2) is 4.98 Å². The number of nitrogens with zero attached hydrogens (tertiary/aromatic N) is 1. The fraction of sp³-hybridized carbons (Fsp3) is 0.462. The van der Waals surface area contributed by atoms with Gasteiger partial charge in [0, 0.05) is 17.8 Å². The van der Waals surface area contributed by atoms with Crippen LogP contribution in [0.3, 0.4) is 0 Å². The first-order valence-electron chi connectivity index (χ1n) is 5.78. The minimum atomic E-state index is 0.333. The predicted octanol–water partition coefficient (Wildman–Crippen LogP) is 2.26. The van der Waals surface area contributed by atoms with Gasteiger partial charge >= 0.3 is 0 Å². The Morgan fingerprint density at radius 2 is 2.31 bits per heavy atom. The average Bonchev–Trinajstić information content (AvgIpc) is 2.66. The van der Waals surface area contributed by atoms with E-state index in [0.29, 0.717) is 17.3 Å². The molecular weight excluding hydrogens is 198 g/mol. The summed E-state index contributed by atoms with van der Waals surface area (Å²) in [6.45, 7) is 5.36. The van der Waals surface area contributed by atoms with Crippen LogP contribution in [-0.2, 0) is 0 Å². The van der Waals surface area contributed by atoms with Crippen molar-refractivity contribution >= 4 is 11.0 Å². The van der Waals surface area contributed by atoms with Gasteiger partial charge in [-0.3, -0.25) is 0 Å². The van der Waals surface area contributed by atoms with Crippen LogP contribution in [0.15, 0.2) is 24.5 Å². The summed E-state index contributed by atoms with van der Waals surface area (Å²) in [6.07, 6.45) is 3.92. The van der Waals surface area contributed by atoms with Gasteiger partial charge in [-0.1, -0.05) is 13.8 Å². The highest BCUT2D eigenvalue weighted by Gasteiger charge is 2.57. The molecular formula is C13H17N3. The summed E-state index contributed by atoms with van der Waals surface area (Å²) in [6, 6.07) is 4.13. The van der Waals surface area contributed by atoms with E-state index in [1.807, 2.05) is 12.3 Å². The van der Waals surface area contributed by atoms with Crippen molar-refractivity contribution in [2.24, 2.45) is 17.1 Å². The molecule has 84 valence electrons. The minimum Gasteiger partial charge on any atom is -0.346 e. The molecule has 1 fully saturated rings. The van der Waals surface area contributed by atoms with Crippen LogP contribution in [0.1, 0.15) is 25.3 Å². The van der Waals surface area contributed by atoms with Gasteiger partial charge in [-0.05, 0) is 41.5 Å². The van der Waals surface area contributed by atoms with E-state index < -0.39 is 0 Å². The molecule has 0 aromatic carbocycles. The third-order valence-electron chi connectivity index (χ3n) is 4.12. The third kappa shape index (κ3) is 1.15. The highest BCUT2D eigenvalue weighted by atomic mass is 14.8. The molecule has 3 N–H and O–H groups in total. The zero-order valence-electron chi connectivity index (χ0n) is 9.70. The Morgan fingerprint density at radius 1 is 1.50 bits per heavy atom. The Bertz CT molecular complexity index is 527. The molecule has 3 rings (SSSR count). The molecule has 2 aromatic rings. The van der Waals surface area contributed by atoms with Gasteiger partial charge in [-0.15, -0.1) is 0 Å². The summed E-state index contributed by atoms with van der Waals surface area (Å²) in [5.41, 5.74) is 8.52. The average molecular weight is 215 g/mol. The standard InChI is InChI=1S/C13H17N3/c1-13(2)10(6-14)11(13)9-7-16-12-8(9)4-3-5-15-12/h3-5,7,10-11H,6,14H2,1-2H3,(H,15,16)/t10-,11-/m1/s1. The molecule has 3 heteroatoms. The molecule has 0 bridgehead atoms. The van der Waals surface area contributed by atoms with E-state index in [9.17, 15) is 0 Å². The SMILES string of the molecule is CC1(C)[C@H](CN)[C@H]1c1c[nH]c2ncccc12. The molecule has 0 amide bonds. The Hall–Kier alpha value is -1.35. The maximum Gasteiger partial charge on any atom is 0.137 e. The maximum atomic E-state index is 5.82. The third-order valence-corrected chi connectivity index (χ3v) is 4.12. The topological polar surface area (TPSA) is 54.7 Å². The van der Waals surface area contributed by atoms with E-state index in [4.69, 9.17) is 5.73 Å². The molecule has 2 atom stereocenters. The number of hydrogen-bond donors (Lipinski definition) is 2. The summed E-state index contributed by atoms with van der Waals surface area (Å²) < 4.78 is 0. The van der Waals surface area contributed by atoms with Gasteiger partial charge in [0.05, 0.1) is 0 Å². The van der Waals surface area contributed by atoms with Crippen LogP contribution in [0, 0.1) is 11.3 Å². The van der Waals surface area contributed by atoms with Crippen molar-refractivity contribution in [2.45, 2.75) is 19.8 Å². The van der Waals surface area contributed by atoms with Crippen LogP contribution >= 0.6 is 0 Å². The summed E-state index contributed by atoms with van der Waals surface area (Å²) >= 11 is 0. The van der Waals surface area contributed by atoms with Crippen molar-refractivity contribution in [3.05, 3.63) is 30.1 Å². The van der Waals surface area contributed by atoms with Crippen molar-refractivity contribution in [1.82, 2.24) is 9.97 Å². The van der Waals surface area contributed by atoms with Crippen molar-refractivity contribution in [2.75, 3.05) is 6.54 Å². The van der Waals surface area contributed by atoms with E-state index >= 15 is 0 Å². The Labute approximate surface area is 95.1 Å². The van der Waals surface area contributed by atoms with E-state index in [1.54, 1.807) is 0 Å². The summed E-state index contributed by atoms with van der Waals surface area (Å²) in [4.78, 5) is 7.56. The fourth-order valence-corrected chi connectivity index (χ4v) is 3.04. The van der Waals surface area contributed by atoms with Crippen molar-refractivity contribution in [3.63, 3.8) is 0 Å². The van der Waals surface area contributed by atoms with Crippen molar-refractivity contribution < 1.29 is 0 Å². The number of nitrogens with two attached hydrogens (primary N) is 1. The van der Waals surface area contributed by atoms with E-state index in [-0.39, 0.29) is 0 Å². The molecule has 0 radical (unpaired) electrons. The smallest absolute Gasteiger partial charge is 0.137 e. The number of hydrogen-bond acceptors (Lipinski definition) is 2. The summed E-state index contributed by atoms with van der Waals surface area (Å²) in [5.74, 6) is 1.18. The quantitative estimate of drug-likeness (QED) is 0.807. The van der Waals surface area contributed by atoms with E-state index in [1.165, 1.54) is 10.9 Å². The molecule has 2 heterocycles. The second-order valence-corrected chi connectivity index (χ2v) is 5.28. The van der Waals surface area contributed by atoms with Gasteiger partial charge in [0.2, 0.25) is 0 Å². The highest BCUT2D eigenvalue weighted by molar-refractivity contribution is 5.81. The fourth-order valence-electron chi connectivity index (χ4n) is 3.04. The molecule has 1 saturated carbocycles. The molecule has 1 aliphatic rings. The number of pyridine rings is 1. The lowest BCUT2D eigenvalue weighted by atomic mass is 10.0. The summed E-state index contributed by atoms with van der Waals surface area (Å²) in [5, 5.41) is 1.25. The van der Waals surface area contributed by atoms with Crippen molar-refractivity contribution in [3.8, 4) is 0 Å². The zero-order chi connectivity index (χ0) is 11.3. The lowest BCUT2D eigenvalue weighted by Crippen LogP contribution is -2.05. The van der Waals surface area contributed by atoms with Gasteiger partial charge in [0.15, 0.2) is 0 Å². The van der Waals surface area contributed by atoms with Gasteiger partial charge in [0.25, 0.3) is 0 Å². The molecule has 16 heavy (non-hydrogen) atoms. The number of nitrogens with one attached hydrogen (secondary N) is 1. The summed E-state index contributed by atoms with van der Waals surface area (Å²) in [7, 11) is 0. The Kier molecular flexibility index (Phi) is 1.89. The molecule has 0 unspecified atom stereocenters. The molecule has 1 aliphatic carbocycles. The van der Waals surface area contributed by atoms with Gasteiger partial charge in [-0.2, -0.15) is 0 Å². The first kappa shape index (κ1) is 9.85. The van der Waals surface area contributed by atoms with Crippen LogP contribution in [0.2, 0.25) is 0 Å². The second kappa shape index (κ2) is 3.08. The largest absolute Gasteiger partial charge is 0.346 e. The maximum absolute atomic E-state index is 5.82. The first-order chi connectivity index (χ1) is 7.66. The van der Waals surface area contributed by atoms with Crippen LogP contribution < -0.4 is 5.73 Å². The van der Waals surface area contributed by atoms with Crippen LogP contribution in [0.25, 0.3) is 11.0 Å². The van der Waals surface area contributed by atoms with Crippen molar-refractivity contribution in [1.29, 1.82) is 0 Å². The molecule has 0 aliphatic heterocycles. The highest BCUT2D eigenvalue weighted by Crippen LogP contribution is 2.64. The lowest BCUT2D eigenvalue weighted by molar-refractivity contribution is 0.559. The number of rotatable bonds is 2. The Balaban J connectivity index is 2.08. The number of aromatic nitrogens is 2. The predicted molar refractivity (Wildman–Crippen MR) is 65.2 cm³/mol. The van der Waals surface area contributed by atoms with E-state index in [0.717, 1.165) is 12.2 Å². The van der Waals surface area contributed by atoms with Crippen LogP contribution in [0.5, 0.6) is 0 Å². The minimum absolute atomic E-state index is 0.333. The Morgan fingerprint density at radius 3 is 3.00 bits per heavy atom. The van der Waals surface area contributed by atoms with Crippen LogP contribution in [0.4, 0.5) is 0 Å². The van der Waals surface area contributed by atoms with Crippen LogP contribution in [-0.4, -0.2) is 16.5 Å². The number of fused-ring (bicyclic) bond motifs is 1. The molecule has 0 saturated heterocycles. The first-order valence-corrected chi connectivity index (χ1v) is 5.78. The van der Waals surface area contributed by atoms with Gasteiger partial charge < -0.3 is 10.7 Å². The second-order valence-electron chi connectivity index (χ2n) is 5.28. The lowest BCUT2D eigenvalue weighted by Gasteiger charge is -2.00. The number of H-pyrrole nitrogens is 1. The molecule has 0 spiro atoms. The zero-order valence-corrected chi connectivity index (χ0v) is 9.70. The monoisotopic (exact) mass is 215 g/mol. The van der Waals surface area contributed by atoms with E-state index in [2.05, 4.69) is 36.1 Å². The molecule has 3 nitrogen and oxygen atoms in total.